The average Bonchev–Trinajstić information content (AvgIpc) is 2.27. The summed E-state index contributed by atoms with van der Waals surface area (Å²) in [6.45, 7) is 11.4. The molecule has 0 aromatic heterocycles. The topological polar surface area (TPSA) is 23.6 Å². The second-order valence-corrected chi connectivity index (χ2v) is 5.05. The number of rotatable bonds is 5. The van der Waals surface area contributed by atoms with Crippen molar-refractivity contribution in [3.63, 3.8) is 0 Å². The van der Waals surface area contributed by atoms with Gasteiger partial charge in [0.1, 0.15) is 0 Å². The Morgan fingerprint density at radius 2 is 1.88 bits per heavy atom. The highest BCUT2D eigenvalue weighted by molar-refractivity contribution is 5.73. The third-order valence-electron chi connectivity index (χ3n) is 3.44. The van der Waals surface area contributed by atoms with Gasteiger partial charge in [0, 0.05) is 39.6 Å². The molecule has 94 valence electrons. The Kier molecular flexibility index (Phi) is 5.81. The van der Waals surface area contributed by atoms with Gasteiger partial charge in [0.25, 0.3) is 0 Å². The number of hydrogen-bond donors (Lipinski definition) is 0. The highest BCUT2D eigenvalue weighted by Crippen LogP contribution is 2.11. The van der Waals surface area contributed by atoms with Crippen molar-refractivity contribution in [2.45, 2.75) is 40.0 Å². The highest BCUT2D eigenvalue weighted by Gasteiger charge is 2.19. The maximum absolute atomic E-state index is 11.2. The van der Waals surface area contributed by atoms with Crippen molar-refractivity contribution in [2.24, 2.45) is 5.92 Å². The largest absolute Gasteiger partial charge is 0.340 e. The summed E-state index contributed by atoms with van der Waals surface area (Å²) in [4.78, 5) is 15.6. The molecule has 1 atom stereocenters. The summed E-state index contributed by atoms with van der Waals surface area (Å²) in [6, 6.07) is 0. The number of nitrogens with zero attached hydrogens (tertiary/aromatic N) is 2. The van der Waals surface area contributed by atoms with Gasteiger partial charge in [0.2, 0.25) is 5.91 Å². The molecule has 3 nitrogen and oxygen atoms in total. The molecule has 1 saturated heterocycles. The minimum atomic E-state index is 0.221. The van der Waals surface area contributed by atoms with E-state index in [1.807, 2.05) is 4.90 Å². The first-order valence-electron chi connectivity index (χ1n) is 6.61. The maximum Gasteiger partial charge on any atom is 0.219 e. The molecule has 0 bridgehead atoms. The third kappa shape index (κ3) is 4.52. The number of unbranched alkanes of at least 4 members (excludes halogenated alkanes) is 1. The van der Waals surface area contributed by atoms with Crippen LogP contribution in [0.25, 0.3) is 0 Å². The van der Waals surface area contributed by atoms with Crippen molar-refractivity contribution in [3.8, 4) is 0 Å². The van der Waals surface area contributed by atoms with Gasteiger partial charge in [-0.2, -0.15) is 0 Å². The van der Waals surface area contributed by atoms with Crippen LogP contribution in [0.5, 0.6) is 0 Å². The number of amides is 1. The molecule has 1 heterocycles. The smallest absolute Gasteiger partial charge is 0.219 e. The van der Waals surface area contributed by atoms with Crippen molar-refractivity contribution >= 4 is 5.91 Å². The van der Waals surface area contributed by atoms with Gasteiger partial charge < -0.3 is 4.90 Å². The molecule has 1 amide bonds. The molecular weight excluding hydrogens is 200 g/mol. The molecule has 1 aliphatic heterocycles. The van der Waals surface area contributed by atoms with Crippen molar-refractivity contribution in [1.82, 2.24) is 9.80 Å². The van der Waals surface area contributed by atoms with Crippen LogP contribution in [0.4, 0.5) is 0 Å². The van der Waals surface area contributed by atoms with Crippen LogP contribution < -0.4 is 0 Å². The lowest BCUT2D eigenvalue weighted by atomic mass is 10.0. The van der Waals surface area contributed by atoms with E-state index in [-0.39, 0.29) is 5.91 Å². The van der Waals surface area contributed by atoms with Gasteiger partial charge in [0.05, 0.1) is 0 Å². The Morgan fingerprint density at radius 3 is 2.38 bits per heavy atom. The number of hydrogen-bond acceptors (Lipinski definition) is 2. The Balaban J connectivity index is 2.18. The van der Waals surface area contributed by atoms with Crippen LogP contribution in [-0.2, 0) is 4.79 Å². The summed E-state index contributed by atoms with van der Waals surface area (Å²) in [5.74, 6) is 1.02. The molecule has 3 heteroatoms. The van der Waals surface area contributed by atoms with Gasteiger partial charge in [-0.1, -0.05) is 26.7 Å². The van der Waals surface area contributed by atoms with Crippen LogP contribution in [-0.4, -0.2) is 48.4 Å². The number of carbonyl (C=O) groups excluding carboxylic acids is 1. The monoisotopic (exact) mass is 226 g/mol. The quantitative estimate of drug-likeness (QED) is 0.715. The van der Waals surface area contributed by atoms with Gasteiger partial charge in [-0.05, 0) is 12.3 Å². The predicted molar refractivity (Wildman–Crippen MR) is 67.4 cm³/mol. The van der Waals surface area contributed by atoms with Gasteiger partial charge >= 0.3 is 0 Å². The normalized spacial score (nSPS) is 19.8. The van der Waals surface area contributed by atoms with E-state index in [1.165, 1.54) is 25.8 Å². The average molecular weight is 226 g/mol. The lowest BCUT2D eigenvalue weighted by Crippen LogP contribution is -2.49. The number of carbonyl (C=O) groups is 1. The molecule has 0 N–H and O–H groups in total. The van der Waals surface area contributed by atoms with E-state index in [9.17, 15) is 4.79 Å². The van der Waals surface area contributed by atoms with E-state index in [0.717, 1.165) is 32.1 Å². The molecule has 16 heavy (non-hydrogen) atoms. The van der Waals surface area contributed by atoms with Crippen molar-refractivity contribution in [2.75, 3.05) is 32.7 Å². The fraction of sp³-hybridized carbons (Fsp3) is 0.923. The SMILES string of the molecule is CCCCC(C)CN1CCN(C(C)=O)CC1. The summed E-state index contributed by atoms with van der Waals surface area (Å²) >= 11 is 0. The van der Waals surface area contributed by atoms with E-state index in [2.05, 4.69) is 18.7 Å². The first-order chi connectivity index (χ1) is 7.63. The van der Waals surface area contributed by atoms with Crippen molar-refractivity contribution in [1.29, 1.82) is 0 Å². The molecule has 0 aromatic rings. The van der Waals surface area contributed by atoms with Crippen molar-refractivity contribution in [3.05, 3.63) is 0 Å². The molecular formula is C13H26N2O. The standard InChI is InChI=1S/C13H26N2O/c1-4-5-6-12(2)11-14-7-9-15(10-8-14)13(3)16/h12H,4-11H2,1-3H3. The lowest BCUT2D eigenvalue weighted by Gasteiger charge is -2.35. The van der Waals surface area contributed by atoms with Crippen LogP contribution in [0.3, 0.4) is 0 Å². The van der Waals surface area contributed by atoms with Crippen molar-refractivity contribution < 1.29 is 4.79 Å². The van der Waals surface area contributed by atoms with Crippen LogP contribution in [0.2, 0.25) is 0 Å². The van der Waals surface area contributed by atoms with Crippen LogP contribution in [0, 0.1) is 5.92 Å². The predicted octanol–water partition coefficient (Wildman–Crippen LogP) is 1.98. The molecule has 0 aliphatic carbocycles. The lowest BCUT2D eigenvalue weighted by molar-refractivity contribution is -0.130. The first kappa shape index (κ1) is 13.5. The Hall–Kier alpha value is -0.570. The van der Waals surface area contributed by atoms with E-state index >= 15 is 0 Å². The zero-order valence-electron chi connectivity index (χ0n) is 11.0. The van der Waals surface area contributed by atoms with Gasteiger partial charge in [-0.15, -0.1) is 0 Å². The Labute approximate surface area is 99.8 Å². The van der Waals surface area contributed by atoms with Crippen LogP contribution in [0.15, 0.2) is 0 Å². The first-order valence-corrected chi connectivity index (χ1v) is 6.61. The molecule has 1 unspecified atom stereocenters. The van der Waals surface area contributed by atoms with Gasteiger partial charge in [0.15, 0.2) is 0 Å². The summed E-state index contributed by atoms with van der Waals surface area (Å²) in [5.41, 5.74) is 0. The minimum Gasteiger partial charge on any atom is -0.340 e. The second kappa shape index (κ2) is 6.89. The molecule has 0 radical (unpaired) electrons. The summed E-state index contributed by atoms with van der Waals surface area (Å²) in [5, 5.41) is 0. The van der Waals surface area contributed by atoms with E-state index in [1.54, 1.807) is 6.92 Å². The summed E-state index contributed by atoms with van der Waals surface area (Å²) in [7, 11) is 0. The zero-order valence-corrected chi connectivity index (χ0v) is 11.0. The fourth-order valence-electron chi connectivity index (χ4n) is 2.33. The number of piperazine rings is 1. The molecule has 1 aliphatic rings. The molecule has 0 saturated carbocycles. The highest BCUT2D eigenvalue weighted by atomic mass is 16.2. The zero-order chi connectivity index (χ0) is 12.0. The Morgan fingerprint density at radius 1 is 1.25 bits per heavy atom. The molecule has 1 rings (SSSR count). The van der Waals surface area contributed by atoms with E-state index < -0.39 is 0 Å². The van der Waals surface area contributed by atoms with Crippen LogP contribution >= 0.6 is 0 Å². The van der Waals surface area contributed by atoms with Gasteiger partial charge in [-0.3, -0.25) is 9.69 Å². The van der Waals surface area contributed by atoms with Crippen LogP contribution in [0.1, 0.15) is 40.0 Å². The molecule has 0 spiro atoms. The fourth-order valence-corrected chi connectivity index (χ4v) is 2.33. The third-order valence-corrected chi connectivity index (χ3v) is 3.44. The Bertz CT molecular complexity index is 210. The maximum atomic E-state index is 11.2. The molecule has 1 fully saturated rings. The van der Waals surface area contributed by atoms with E-state index in [4.69, 9.17) is 0 Å². The summed E-state index contributed by atoms with van der Waals surface area (Å²) in [6.07, 6.45) is 3.97. The molecule has 0 aromatic carbocycles. The van der Waals surface area contributed by atoms with Gasteiger partial charge in [-0.25, -0.2) is 0 Å². The second-order valence-electron chi connectivity index (χ2n) is 5.05. The summed E-state index contributed by atoms with van der Waals surface area (Å²) < 4.78 is 0. The minimum absolute atomic E-state index is 0.221. The van der Waals surface area contributed by atoms with E-state index in [0.29, 0.717) is 0 Å².